The molecule has 0 atom stereocenters. The molecule has 146 valence electrons. The normalized spacial score (nSPS) is 11.0. The summed E-state index contributed by atoms with van der Waals surface area (Å²) in [6.45, 7) is 4.09. The monoisotopic (exact) mass is 502 g/mol. The summed E-state index contributed by atoms with van der Waals surface area (Å²) in [4.78, 5) is 4.53. The van der Waals surface area contributed by atoms with Crippen LogP contribution in [0.15, 0.2) is 82.2 Å². The number of nitrogens with zero attached hydrogens (tertiary/aromatic N) is 2. The van der Waals surface area contributed by atoms with Gasteiger partial charge in [0.25, 0.3) is 0 Å². The molecule has 3 nitrogen and oxygen atoms in total. The molecule has 0 fully saturated rings. The van der Waals surface area contributed by atoms with Gasteiger partial charge in [-0.2, -0.15) is 5.26 Å². The lowest BCUT2D eigenvalue weighted by molar-refractivity contribution is 0.593. The first-order valence-electron chi connectivity index (χ1n) is 9.56. The van der Waals surface area contributed by atoms with Crippen molar-refractivity contribution in [3.05, 3.63) is 98.6 Å². The van der Waals surface area contributed by atoms with Crippen LogP contribution in [-0.2, 0) is 0 Å². The minimum absolute atomic E-state index is 0.321. The van der Waals surface area contributed by atoms with Crippen molar-refractivity contribution in [2.45, 2.75) is 13.8 Å². The Morgan fingerprint density at radius 3 is 1.97 bits per heavy atom. The molecule has 0 unspecified atom stereocenters. The number of furan rings is 1. The van der Waals surface area contributed by atoms with Gasteiger partial charge in [0.1, 0.15) is 17.4 Å². The number of rotatable bonds is 4. The van der Waals surface area contributed by atoms with Crippen LogP contribution in [0.4, 0.5) is 5.88 Å². The number of benzene rings is 3. The molecule has 0 bridgehead atoms. The molecule has 1 heterocycles. The molecular formula is C26H19IN2O. The molecular weight excluding hydrogens is 483 g/mol. The standard InChI is InChI=1S/C26H19IN2O/c1-17-3-9-20(10-4-17)24-23(15-28)26(29-16-19-7-13-22(27)14-8-19)30-25(24)21-11-5-18(2)6-12-21/h3-14,16H,1-2H3. The minimum Gasteiger partial charge on any atom is -0.436 e. The molecule has 0 spiro atoms. The van der Waals surface area contributed by atoms with E-state index in [0.29, 0.717) is 17.2 Å². The Labute approximate surface area is 189 Å². The SMILES string of the molecule is Cc1ccc(-c2oc(N=Cc3ccc(I)cc3)c(C#N)c2-c2ccc(C)cc2)cc1. The van der Waals surface area contributed by atoms with Crippen LogP contribution >= 0.6 is 22.6 Å². The highest BCUT2D eigenvalue weighted by Gasteiger charge is 2.22. The Kier molecular flexibility index (Phi) is 5.82. The number of nitriles is 1. The van der Waals surface area contributed by atoms with Crippen LogP contribution in [0.1, 0.15) is 22.3 Å². The molecule has 0 saturated carbocycles. The highest BCUT2D eigenvalue weighted by molar-refractivity contribution is 14.1. The molecule has 0 N–H and O–H groups in total. The van der Waals surface area contributed by atoms with Crippen LogP contribution in [0.25, 0.3) is 22.5 Å². The zero-order valence-corrected chi connectivity index (χ0v) is 18.8. The number of aryl methyl sites for hydroxylation is 2. The van der Waals surface area contributed by atoms with Crippen molar-refractivity contribution >= 4 is 34.7 Å². The molecule has 0 amide bonds. The molecule has 0 radical (unpaired) electrons. The quantitative estimate of drug-likeness (QED) is 0.215. The predicted molar refractivity (Wildman–Crippen MR) is 130 cm³/mol. The fourth-order valence-corrected chi connectivity index (χ4v) is 3.56. The summed E-state index contributed by atoms with van der Waals surface area (Å²) in [5.74, 6) is 0.979. The molecule has 4 rings (SSSR count). The Bertz CT molecular complexity index is 1240. The molecule has 30 heavy (non-hydrogen) atoms. The molecule has 1 aromatic heterocycles. The Morgan fingerprint density at radius 1 is 0.833 bits per heavy atom. The van der Waals surface area contributed by atoms with E-state index in [1.165, 1.54) is 5.56 Å². The third kappa shape index (κ3) is 4.22. The van der Waals surface area contributed by atoms with E-state index in [4.69, 9.17) is 4.42 Å². The van der Waals surface area contributed by atoms with Crippen LogP contribution < -0.4 is 0 Å². The number of halogens is 1. The van der Waals surface area contributed by atoms with Crippen molar-refractivity contribution in [2.75, 3.05) is 0 Å². The number of aliphatic imine (C=N–C) groups is 1. The summed E-state index contributed by atoms with van der Waals surface area (Å²) in [5.41, 5.74) is 6.35. The highest BCUT2D eigenvalue weighted by Crippen LogP contribution is 2.42. The van der Waals surface area contributed by atoms with E-state index in [0.717, 1.165) is 31.4 Å². The second-order valence-electron chi connectivity index (χ2n) is 7.14. The summed E-state index contributed by atoms with van der Waals surface area (Å²) in [6, 6.07) is 26.5. The Morgan fingerprint density at radius 2 is 1.40 bits per heavy atom. The van der Waals surface area contributed by atoms with Gasteiger partial charge in [-0.25, -0.2) is 4.99 Å². The largest absolute Gasteiger partial charge is 0.436 e. The Hall–Kier alpha value is -3.17. The van der Waals surface area contributed by atoms with Crippen LogP contribution in [0, 0.1) is 28.7 Å². The zero-order valence-electron chi connectivity index (χ0n) is 16.7. The van der Waals surface area contributed by atoms with Crippen LogP contribution in [0.3, 0.4) is 0 Å². The molecule has 0 saturated heterocycles. The van der Waals surface area contributed by atoms with Gasteiger partial charge in [-0.05, 0) is 59.7 Å². The van der Waals surface area contributed by atoms with Gasteiger partial charge in [0, 0.05) is 20.9 Å². The smallest absolute Gasteiger partial charge is 0.238 e. The predicted octanol–water partition coefficient (Wildman–Crippen LogP) is 7.46. The van der Waals surface area contributed by atoms with Gasteiger partial charge in [-0.15, -0.1) is 0 Å². The van der Waals surface area contributed by atoms with E-state index in [9.17, 15) is 5.26 Å². The maximum absolute atomic E-state index is 9.97. The zero-order chi connectivity index (χ0) is 21.1. The summed E-state index contributed by atoms with van der Waals surface area (Å²) >= 11 is 2.27. The number of hydrogen-bond donors (Lipinski definition) is 0. The van der Waals surface area contributed by atoms with Gasteiger partial charge < -0.3 is 4.42 Å². The maximum Gasteiger partial charge on any atom is 0.238 e. The van der Waals surface area contributed by atoms with Gasteiger partial charge in [0.05, 0.1) is 0 Å². The fourth-order valence-electron chi connectivity index (χ4n) is 3.20. The van der Waals surface area contributed by atoms with Gasteiger partial charge in [-0.3, -0.25) is 0 Å². The lowest BCUT2D eigenvalue weighted by Gasteiger charge is -2.05. The fraction of sp³-hybridized carbons (Fsp3) is 0.0769. The molecule has 0 aliphatic carbocycles. The second kappa shape index (κ2) is 8.68. The van der Waals surface area contributed by atoms with Crippen molar-refractivity contribution in [3.63, 3.8) is 0 Å². The molecule has 4 aromatic rings. The van der Waals surface area contributed by atoms with E-state index >= 15 is 0 Å². The first kappa shape index (κ1) is 20.1. The second-order valence-corrected chi connectivity index (χ2v) is 8.39. The van der Waals surface area contributed by atoms with Crippen LogP contribution in [-0.4, -0.2) is 6.21 Å². The van der Waals surface area contributed by atoms with Gasteiger partial charge >= 0.3 is 0 Å². The van der Waals surface area contributed by atoms with Crippen molar-refractivity contribution in [1.82, 2.24) is 0 Å². The topological polar surface area (TPSA) is 49.3 Å². The first-order valence-corrected chi connectivity index (χ1v) is 10.6. The molecule has 4 heteroatoms. The van der Waals surface area contributed by atoms with Crippen LogP contribution in [0.5, 0.6) is 0 Å². The average molecular weight is 502 g/mol. The van der Waals surface area contributed by atoms with E-state index in [-0.39, 0.29) is 0 Å². The molecule has 3 aromatic carbocycles. The lowest BCUT2D eigenvalue weighted by Crippen LogP contribution is -1.85. The lowest BCUT2D eigenvalue weighted by atomic mass is 9.97. The maximum atomic E-state index is 9.97. The van der Waals surface area contributed by atoms with E-state index in [1.807, 2.05) is 86.6 Å². The molecule has 0 aliphatic heterocycles. The van der Waals surface area contributed by atoms with E-state index in [2.05, 4.69) is 33.7 Å². The average Bonchev–Trinajstić information content (AvgIpc) is 3.13. The summed E-state index contributed by atoms with van der Waals surface area (Å²) < 4.78 is 7.33. The van der Waals surface area contributed by atoms with E-state index in [1.54, 1.807) is 6.21 Å². The summed E-state index contributed by atoms with van der Waals surface area (Å²) in [6.07, 6.45) is 1.73. The minimum atomic E-state index is 0.321. The first-order chi connectivity index (χ1) is 14.5. The Balaban J connectivity index is 1.88. The number of hydrogen-bond acceptors (Lipinski definition) is 3. The summed E-state index contributed by atoms with van der Waals surface area (Å²) in [5, 5.41) is 9.97. The van der Waals surface area contributed by atoms with Crippen LogP contribution in [0.2, 0.25) is 0 Å². The third-order valence-corrected chi connectivity index (χ3v) is 5.58. The van der Waals surface area contributed by atoms with Gasteiger partial charge in [0.15, 0.2) is 0 Å². The van der Waals surface area contributed by atoms with Gasteiger partial charge in [0.2, 0.25) is 5.88 Å². The van der Waals surface area contributed by atoms with Crippen molar-refractivity contribution in [1.29, 1.82) is 5.26 Å². The van der Waals surface area contributed by atoms with E-state index < -0.39 is 0 Å². The molecule has 0 aliphatic rings. The third-order valence-electron chi connectivity index (χ3n) is 4.86. The summed E-state index contributed by atoms with van der Waals surface area (Å²) in [7, 11) is 0. The van der Waals surface area contributed by atoms with Crippen molar-refractivity contribution in [2.24, 2.45) is 4.99 Å². The highest BCUT2D eigenvalue weighted by atomic mass is 127. The van der Waals surface area contributed by atoms with Crippen molar-refractivity contribution in [3.8, 4) is 28.5 Å². The van der Waals surface area contributed by atoms with Gasteiger partial charge in [-0.1, -0.05) is 71.8 Å². The van der Waals surface area contributed by atoms with Crippen molar-refractivity contribution < 1.29 is 4.42 Å².